The molecule has 0 heterocycles. The zero-order valence-electron chi connectivity index (χ0n) is 8.43. The van der Waals surface area contributed by atoms with E-state index in [4.69, 9.17) is 0 Å². The van der Waals surface area contributed by atoms with E-state index >= 15 is 0 Å². The molecule has 0 bridgehead atoms. The van der Waals surface area contributed by atoms with Crippen LogP contribution in [0.3, 0.4) is 0 Å². The lowest BCUT2D eigenvalue weighted by molar-refractivity contribution is -0.137. The van der Waals surface area contributed by atoms with Gasteiger partial charge in [0.05, 0.1) is 0 Å². The minimum Gasteiger partial charge on any atom is -0.341 e. The lowest BCUT2D eigenvalue weighted by atomic mass is 10.0. The van der Waals surface area contributed by atoms with Crippen LogP contribution in [0.4, 0.5) is 0 Å². The van der Waals surface area contributed by atoms with Crippen LogP contribution in [0.1, 0.15) is 34.6 Å². The highest BCUT2D eigenvalue weighted by Crippen LogP contribution is 2.13. The summed E-state index contributed by atoms with van der Waals surface area (Å²) in [6.45, 7) is 9.95. The molecule has 0 unspecified atom stereocenters. The van der Waals surface area contributed by atoms with Gasteiger partial charge in [-0.05, 0) is 20.8 Å². The second-order valence-corrected chi connectivity index (χ2v) is 4.22. The third-order valence-corrected chi connectivity index (χ3v) is 1.83. The number of hydrogen-bond acceptors (Lipinski definition) is 1. The first-order valence-electron chi connectivity index (χ1n) is 4.04. The molecule has 11 heavy (non-hydrogen) atoms. The van der Waals surface area contributed by atoms with Crippen molar-refractivity contribution < 1.29 is 4.79 Å². The molecule has 0 aliphatic rings. The number of carbonyl (C=O) groups is 1. The molecule has 0 rings (SSSR count). The molecule has 2 nitrogen and oxygen atoms in total. The average Bonchev–Trinajstić information content (AvgIpc) is 1.82. The van der Waals surface area contributed by atoms with Gasteiger partial charge in [0.1, 0.15) is 0 Å². The van der Waals surface area contributed by atoms with E-state index in [9.17, 15) is 4.79 Å². The maximum Gasteiger partial charge on any atom is 0.225 e. The Kier molecular flexibility index (Phi) is 3.09. The molecule has 0 N–H and O–H groups in total. The maximum absolute atomic E-state index is 11.4. The van der Waals surface area contributed by atoms with Gasteiger partial charge in [-0.2, -0.15) is 0 Å². The molecule has 0 spiro atoms. The molecular formula is C9H19NO. The molecule has 0 aliphatic heterocycles. The van der Waals surface area contributed by atoms with Gasteiger partial charge in [-0.1, -0.05) is 13.8 Å². The topological polar surface area (TPSA) is 20.3 Å². The summed E-state index contributed by atoms with van der Waals surface area (Å²) in [4.78, 5) is 13.2. The second-order valence-electron chi connectivity index (χ2n) is 4.22. The van der Waals surface area contributed by atoms with Gasteiger partial charge < -0.3 is 4.90 Å². The third-order valence-electron chi connectivity index (χ3n) is 1.83. The van der Waals surface area contributed by atoms with Crippen molar-refractivity contribution in [3.8, 4) is 0 Å². The van der Waals surface area contributed by atoms with Gasteiger partial charge in [-0.15, -0.1) is 0 Å². The smallest absolute Gasteiger partial charge is 0.225 e. The van der Waals surface area contributed by atoms with Crippen LogP contribution < -0.4 is 0 Å². The van der Waals surface area contributed by atoms with Gasteiger partial charge >= 0.3 is 0 Å². The van der Waals surface area contributed by atoms with E-state index < -0.39 is 0 Å². The monoisotopic (exact) mass is 157 g/mol. The van der Waals surface area contributed by atoms with Gasteiger partial charge in [0.2, 0.25) is 5.91 Å². The predicted molar refractivity (Wildman–Crippen MR) is 47.4 cm³/mol. The molecule has 0 aliphatic carbocycles. The average molecular weight is 157 g/mol. The first-order chi connectivity index (χ1) is 4.76. The lowest BCUT2D eigenvalue weighted by Gasteiger charge is -2.33. The van der Waals surface area contributed by atoms with Crippen LogP contribution in [-0.4, -0.2) is 23.4 Å². The number of carbonyl (C=O) groups excluding carboxylic acids is 1. The Hall–Kier alpha value is -0.530. The quantitative estimate of drug-likeness (QED) is 0.569. The fourth-order valence-electron chi connectivity index (χ4n) is 0.718. The summed E-state index contributed by atoms with van der Waals surface area (Å²) in [7, 11) is 1.85. The van der Waals surface area contributed by atoms with Crippen molar-refractivity contribution in [1.29, 1.82) is 0 Å². The van der Waals surface area contributed by atoms with Gasteiger partial charge in [0.25, 0.3) is 0 Å². The summed E-state index contributed by atoms with van der Waals surface area (Å²) in [6.07, 6.45) is 0. The van der Waals surface area contributed by atoms with Crippen molar-refractivity contribution >= 4 is 5.91 Å². The van der Waals surface area contributed by atoms with Crippen LogP contribution >= 0.6 is 0 Å². The van der Waals surface area contributed by atoms with Crippen molar-refractivity contribution in [3.63, 3.8) is 0 Å². The van der Waals surface area contributed by atoms with Crippen LogP contribution in [0.25, 0.3) is 0 Å². The van der Waals surface area contributed by atoms with Crippen LogP contribution in [0.5, 0.6) is 0 Å². The molecule has 0 atom stereocenters. The molecular weight excluding hydrogens is 138 g/mol. The van der Waals surface area contributed by atoms with Gasteiger partial charge in [-0.3, -0.25) is 4.79 Å². The summed E-state index contributed by atoms with van der Waals surface area (Å²) in [6, 6.07) is 0. The minimum absolute atomic E-state index is 0.0542. The zero-order valence-corrected chi connectivity index (χ0v) is 8.43. The molecule has 0 aromatic heterocycles. The Balaban J connectivity index is 4.26. The number of rotatable bonds is 1. The summed E-state index contributed by atoms with van der Waals surface area (Å²) >= 11 is 0. The highest BCUT2D eigenvalue weighted by molar-refractivity contribution is 5.78. The van der Waals surface area contributed by atoms with Gasteiger partial charge in [0.15, 0.2) is 0 Å². The largest absolute Gasteiger partial charge is 0.341 e. The van der Waals surface area contributed by atoms with E-state index in [0.29, 0.717) is 0 Å². The van der Waals surface area contributed by atoms with Crippen molar-refractivity contribution in [3.05, 3.63) is 0 Å². The van der Waals surface area contributed by atoms with Crippen LogP contribution in [0.15, 0.2) is 0 Å². The fraction of sp³-hybridized carbons (Fsp3) is 0.889. The van der Waals surface area contributed by atoms with E-state index in [-0.39, 0.29) is 17.4 Å². The predicted octanol–water partition coefficient (Wildman–Crippen LogP) is 1.90. The first kappa shape index (κ1) is 10.5. The van der Waals surface area contributed by atoms with Crippen molar-refractivity contribution in [2.24, 2.45) is 5.92 Å². The molecule has 0 radical (unpaired) electrons. The van der Waals surface area contributed by atoms with Crippen molar-refractivity contribution in [1.82, 2.24) is 4.90 Å². The summed E-state index contributed by atoms with van der Waals surface area (Å²) in [5.41, 5.74) is -0.0542. The number of amides is 1. The van der Waals surface area contributed by atoms with Gasteiger partial charge in [-0.25, -0.2) is 0 Å². The fourth-order valence-corrected chi connectivity index (χ4v) is 0.718. The van der Waals surface area contributed by atoms with Crippen molar-refractivity contribution in [2.75, 3.05) is 7.05 Å². The van der Waals surface area contributed by atoms with E-state index in [0.717, 1.165) is 0 Å². The van der Waals surface area contributed by atoms with E-state index in [1.807, 2.05) is 41.7 Å². The van der Waals surface area contributed by atoms with Crippen LogP contribution in [0.2, 0.25) is 0 Å². The number of hydrogen-bond donors (Lipinski definition) is 0. The highest BCUT2D eigenvalue weighted by atomic mass is 16.2. The Labute approximate surface area is 69.6 Å². The second kappa shape index (κ2) is 3.24. The Morgan fingerprint density at radius 1 is 1.27 bits per heavy atom. The van der Waals surface area contributed by atoms with E-state index in [1.165, 1.54) is 0 Å². The summed E-state index contributed by atoms with van der Waals surface area (Å²) in [5.74, 6) is 0.303. The molecule has 66 valence electrons. The van der Waals surface area contributed by atoms with Crippen LogP contribution in [-0.2, 0) is 4.79 Å². The maximum atomic E-state index is 11.4. The van der Waals surface area contributed by atoms with E-state index in [2.05, 4.69) is 0 Å². The molecule has 2 heteroatoms. The molecule has 0 aromatic carbocycles. The molecule has 0 saturated heterocycles. The summed E-state index contributed by atoms with van der Waals surface area (Å²) in [5, 5.41) is 0. The van der Waals surface area contributed by atoms with Crippen LogP contribution in [0, 0.1) is 5.92 Å². The molecule has 1 amide bonds. The Bertz CT molecular complexity index is 144. The molecule has 0 aromatic rings. The SMILES string of the molecule is CC(C)C(=O)N(C)C(C)(C)C. The minimum atomic E-state index is -0.0542. The van der Waals surface area contributed by atoms with Crippen molar-refractivity contribution in [2.45, 2.75) is 40.2 Å². The van der Waals surface area contributed by atoms with Gasteiger partial charge in [0, 0.05) is 18.5 Å². The standard InChI is InChI=1S/C9H19NO/c1-7(2)8(11)10(6)9(3,4)5/h7H,1-6H3. The highest BCUT2D eigenvalue weighted by Gasteiger charge is 2.23. The first-order valence-corrected chi connectivity index (χ1v) is 4.04. The normalized spacial score (nSPS) is 11.9. The Morgan fingerprint density at radius 3 is 1.73 bits per heavy atom. The number of nitrogens with zero attached hydrogens (tertiary/aromatic N) is 1. The molecule has 0 saturated carbocycles. The molecule has 0 fully saturated rings. The summed E-state index contributed by atoms with van der Waals surface area (Å²) < 4.78 is 0. The Morgan fingerprint density at radius 2 is 1.64 bits per heavy atom. The zero-order chi connectivity index (χ0) is 9.23. The van der Waals surface area contributed by atoms with E-state index in [1.54, 1.807) is 4.90 Å². The lowest BCUT2D eigenvalue weighted by Crippen LogP contribution is -2.44. The third kappa shape index (κ3) is 2.91.